The Kier molecular flexibility index (Phi) is 3.84. The minimum Gasteiger partial charge on any atom is -0.179 e. The van der Waals surface area contributed by atoms with Gasteiger partial charge in [-0.2, -0.15) is 24.4 Å². The lowest BCUT2D eigenvalue weighted by Crippen LogP contribution is -2.17. The second-order valence-corrected chi connectivity index (χ2v) is 6.64. The Morgan fingerprint density at radius 2 is 2.25 bits per heavy atom. The van der Waals surface area contributed by atoms with Crippen molar-refractivity contribution in [3.05, 3.63) is 0 Å². The van der Waals surface area contributed by atoms with Crippen LogP contribution in [-0.2, 0) is 0 Å². The van der Waals surface area contributed by atoms with Crippen LogP contribution in [0.15, 0.2) is 0 Å². The van der Waals surface area contributed by atoms with Crippen LogP contribution in [0, 0.1) is 5.92 Å². The molecular formula is C10H20S2. The topological polar surface area (TPSA) is 0 Å². The first-order valence-corrected chi connectivity index (χ1v) is 6.37. The summed E-state index contributed by atoms with van der Waals surface area (Å²) in [6.45, 7) is 7.07. The summed E-state index contributed by atoms with van der Waals surface area (Å²) in [6, 6.07) is 0. The Morgan fingerprint density at radius 1 is 1.58 bits per heavy atom. The van der Waals surface area contributed by atoms with Gasteiger partial charge in [0, 0.05) is 10.00 Å². The Hall–Kier alpha value is 0.700. The second kappa shape index (κ2) is 4.28. The van der Waals surface area contributed by atoms with Crippen molar-refractivity contribution in [2.75, 3.05) is 5.75 Å². The van der Waals surface area contributed by atoms with Crippen LogP contribution < -0.4 is 0 Å². The molecule has 0 amide bonds. The van der Waals surface area contributed by atoms with E-state index in [1.807, 2.05) is 0 Å². The van der Waals surface area contributed by atoms with E-state index < -0.39 is 0 Å². The first kappa shape index (κ1) is 10.8. The van der Waals surface area contributed by atoms with Gasteiger partial charge in [0.25, 0.3) is 0 Å². The van der Waals surface area contributed by atoms with Gasteiger partial charge in [-0.1, -0.05) is 20.8 Å². The molecule has 0 saturated carbocycles. The van der Waals surface area contributed by atoms with E-state index in [2.05, 4.69) is 45.2 Å². The highest BCUT2D eigenvalue weighted by molar-refractivity contribution is 8.01. The van der Waals surface area contributed by atoms with Gasteiger partial charge in [0.1, 0.15) is 0 Å². The van der Waals surface area contributed by atoms with Gasteiger partial charge in [-0.05, 0) is 30.9 Å². The maximum atomic E-state index is 4.32. The molecule has 1 rings (SSSR count). The number of rotatable bonds is 3. The van der Waals surface area contributed by atoms with Crippen LogP contribution in [0.2, 0.25) is 0 Å². The molecule has 0 radical (unpaired) electrons. The Bertz CT molecular complexity index is 145. The van der Waals surface area contributed by atoms with E-state index in [0.717, 1.165) is 16.9 Å². The van der Waals surface area contributed by atoms with Gasteiger partial charge in [-0.15, -0.1) is 0 Å². The number of thiol groups is 1. The van der Waals surface area contributed by atoms with Crippen LogP contribution in [-0.4, -0.2) is 15.7 Å². The van der Waals surface area contributed by atoms with Crippen LogP contribution in [0.4, 0.5) is 0 Å². The molecule has 2 unspecified atom stereocenters. The van der Waals surface area contributed by atoms with Crippen molar-refractivity contribution in [1.29, 1.82) is 0 Å². The van der Waals surface area contributed by atoms with Crippen molar-refractivity contribution in [3.8, 4) is 0 Å². The van der Waals surface area contributed by atoms with Crippen molar-refractivity contribution in [2.24, 2.45) is 5.92 Å². The third-order valence-corrected chi connectivity index (χ3v) is 5.06. The predicted molar refractivity (Wildman–Crippen MR) is 62.3 cm³/mol. The monoisotopic (exact) mass is 204 g/mol. The molecule has 0 aromatic carbocycles. The van der Waals surface area contributed by atoms with Gasteiger partial charge in [0.15, 0.2) is 0 Å². The maximum Gasteiger partial charge on any atom is 0.0143 e. The predicted octanol–water partition coefficient (Wildman–Crippen LogP) is 3.62. The molecule has 1 aliphatic heterocycles. The Labute approximate surface area is 86.3 Å². The van der Waals surface area contributed by atoms with Gasteiger partial charge < -0.3 is 0 Å². The summed E-state index contributed by atoms with van der Waals surface area (Å²) in [6.07, 6.45) is 4.07. The third kappa shape index (κ3) is 2.59. The molecule has 0 N–H and O–H groups in total. The molecule has 2 heteroatoms. The average molecular weight is 204 g/mol. The van der Waals surface area contributed by atoms with Crippen molar-refractivity contribution in [1.82, 2.24) is 0 Å². The van der Waals surface area contributed by atoms with E-state index in [1.54, 1.807) is 0 Å². The van der Waals surface area contributed by atoms with Crippen LogP contribution in [0.25, 0.3) is 0 Å². The van der Waals surface area contributed by atoms with Crippen molar-refractivity contribution < 1.29 is 0 Å². The largest absolute Gasteiger partial charge is 0.179 e. The van der Waals surface area contributed by atoms with E-state index >= 15 is 0 Å². The zero-order valence-electron chi connectivity index (χ0n) is 8.34. The lowest BCUT2D eigenvalue weighted by atomic mass is 9.98. The number of thioether (sulfide) groups is 1. The summed E-state index contributed by atoms with van der Waals surface area (Å²) < 4.78 is 0.538. The van der Waals surface area contributed by atoms with E-state index in [0.29, 0.717) is 4.75 Å². The van der Waals surface area contributed by atoms with E-state index in [9.17, 15) is 0 Å². The Morgan fingerprint density at radius 3 is 2.67 bits per heavy atom. The smallest absolute Gasteiger partial charge is 0.0143 e. The highest BCUT2D eigenvalue weighted by Crippen LogP contribution is 2.47. The van der Waals surface area contributed by atoms with Gasteiger partial charge in [0.05, 0.1) is 0 Å². The number of hydrogen-bond acceptors (Lipinski definition) is 2. The first-order valence-electron chi connectivity index (χ1n) is 4.86. The molecule has 2 atom stereocenters. The van der Waals surface area contributed by atoms with E-state index in [-0.39, 0.29) is 0 Å². The molecule has 72 valence electrons. The summed E-state index contributed by atoms with van der Waals surface area (Å²) in [7, 11) is 0. The minimum atomic E-state index is 0.538. The fraction of sp³-hybridized carbons (Fsp3) is 1.00. The van der Waals surface area contributed by atoms with Crippen molar-refractivity contribution in [3.63, 3.8) is 0 Å². The maximum absolute atomic E-state index is 4.32. The second-order valence-electron chi connectivity index (χ2n) is 4.36. The van der Waals surface area contributed by atoms with Crippen LogP contribution in [0.1, 0.15) is 40.0 Å². The van der Waals surface area contributed by atoms with E-state index in [4.69, 9.17) is 0 Å². The molecule has 12 heavy (non-hydrogen) atoms. The van der Waals surface area contributed by atoms with Crippen LogP contribution >= 0.6 is 24.4 Å². The summed E-state index contributed by atoms with van der Waals surface area (Å²) >= 11 is 6.51. The van der Waals surface area contributed by atoms with Gasteiger partial charge >= 0.3 is 0 Å². The van der Waals surface area contributed by atoms with Crippen molar-refractivity contribution >= 4 is 24.4 Å². The van der Waals surface area contributed by atoms with Gasteiger partial charge in [-0.25, -0.2) is 0 Å². The third-order valence-electron chi connectivity index (χ3n) is 2.78. The molecule has 0 aromatic heterocycles. The van der Waals surface area contributed by atoms with Crippen LogP contribution in [0.5, 0.6) is 0 Å². The zero-order chi connectivity index (χ0) is 9.19. The first-order chi connectivity index (χ1) is 5.57. The normalized spacial score (nSPS) is 36.2. The minimum absolute atomic E-state index is 0.538. The highest BCUT2D eigenvalue weighted by atomic mass is 32.2. The molecule has 0 nitrogen and oxygen atoms in total. The average Bonchev–Trinajstić information content (AvgIpc) is 2.33. The molecule has 0 aliphatic carbocycles. The van der Waals surface area contributed by atoms with Gasteiger partial charge in [-0.3, -0.25) is 0 Å². The molecule has 1 fully saturated rings. The standard InChI is InChI=1S/C10H20S2/c1-8(2)9-4-5-10(3,12-9)6-7-11/h8-9,11H,4-7H2,1-3H3. The fourth-order valence-corrected chi connectivity index (χ4v) is 4.16. The summed E-state index contributed by atoms with van der Waals surface area (Å²) in [5.41, 5.74) is 0. The quantitative estimate of drug-likeness (QED) is 0.685. The molecule has 1 saturated heterocycles. The molecular weight excluding hydrogens is 184 g/mol. The molecule has 0 spiro atoms. The SMILES string of the molecule is CC(C)C1CCC(C)(CCS)S1. The molecule has 0 aromatic rings. The fourth-order valence-electron chi connectivity index (χ4n) is 1.82. The molecule has 0 bridgehead atoms. The lowest BCUT2D eigenvalue weighted by Gasteiger charge is -2.23. The van der Waals surface area contributed by atoms with E-state index in [1.165, 1.54) is 19.3 Å². The van der Waals surface area contributed by atoms with Crippen molar-refractivity contribution in [2.45, 2.75) is 50.0 Å². The molecule has 1 aliphatic rings. The highest BCUT2D eigenvalue weighted by Gasteiger charge is 2.36. The number of hydrogen-bond donors (Lipinski definition) is 1. The van der Waals surface area contributed by atoms with Crippen LogP contribution in [0.3, 0.4) is 0 Å². The Balaban J connectivity index is 2.43. The summed E-state index contributed by atoms with van der Waals surface area (Å²) in [5.74, 6) is 1.88. The lowest BCUT2D eigenvalue weighted by molar-refractivity contribution is 0.537. The van der Waals surface area contributed by atoms with Gasteiger partial charge in [0.2, 0.25) is 0 Å². The summed E-state index contributed by atoms with van der Waals surface area (Å²) in [5, 5.41) is 0.898. The summed E-state index contributed by atoms with van der Waals surface area (Å²) in [4.78, 5) is 0. The molecule has 1 heterocycles. The zero-order valence-corrected chi connectivity index (χ0v) is 10.0.